The van der Waals surface area contributed by atoms with E-state index < -0.39 is 11.9 Å². The van der Waals surface area contributed by atoms with Crippen LogP contribution in [-0.4, -0.2) is 23.2 Å². The molecular formula is C11H11F3N2OS. The van der Waals surface area contributed by atoms with Crippen molar-refractivity contribution in [1.82, 2.24) is 4.98 Å². The van der Waals surface area contributed by atoms with Gasteiger partial charge < -0.3 is 4.90 Å². The first-order valence-corrected chi connectivity index (χ1v) is 5.99. The predicted octanol–water partition coefficient (Wildman–Crippen LogP) is 2.38. The zero-order valence-electron chi connectivity index (χ0n) is 9.31. The molecule has 1 saturated heterocycles. The summed E-state index contributed by atoms with van der Waals surface area (Å²) in [6, 6.07) is 2.16. The van der Waals surface area contributed by atoms with Crippen LogP contribution in [0, 0.1) is 5.92 Å². The molecule has 0 spiro atoms. The van der Waals surface area contributed by atoms with Crippen molar-refractivity contribution < 1.29 is 18.0 Å². The fraction of sp³-hybridized carbons (Fsp3) is 0.455. The molecule has 1 aromatic heterocycles. The van der Waals surface area contributed by atoms with Gasteiger partial charge in [0.05, 0.1) is 11.9 Å². The van der Waals surface area contributed by atoms with Crippen LogP contribution in [0.25, 0.3) is 0 Å². The molecule has 0 radical (unpaired) electrons. The summed E-state index contributed by atoms with van der Waals surface area (Å²) in [5, 5.41) is 0. The second-order valence-corrected chi connectivity index (χ2v) is 4.52. The lowest BCUT2D eigenvalue weighted by molar-refractivity contribution is -0.141. The van der Waals surface area contributed by atoms with Crippen LogP contribution in [-0.2, 0) is 11.0 Å². The van der Waals surface area contributed by atoms with Crippen molar-refractivity contribution in [2.75, 3.05) is 17.2 Å². The maximum absolute atomic E-state index is 12.3. The Bertz CT molecular complexity index is 447. The molecule has 1 aliphatic rings. The maximum atomic E-state index is 12.3. The molecule has 0 bridgehead atoms. The fourth-order valence-electron chi connectivity index (χ4n) is 1.87. The van der Waals surface area contributed by atoms with Crippen molar-refractivity contribution in [2.45, 2.75) is 12.6 Å². The highest BCUT2D eigenvalue weighted by atomic mass is 32.1. The smallest absolute Gasteiger partial charge is 0.311 e. The van der Waals surface area contributed by atoms with Crippen LogP contribution in [0.5, 0.6) is 0 Å². The van der Waals surface area contributed by atoms with Crippen molar-refractivity contribution in [2.24, 2.45) is 5.92 Å². The topological polar surface area (TPSA) is 33.2 Å². The standard InChI is InChI=1S/C11H11F3N2OS/c12-11(13,14)9-2-1-8(4-15-9)16-5-7(6-18)3-10(16)17/h1-2,4,7,18H,3,5-6H2. The number of hydrogen-bond donors (Lipinski definition) is 1. The Morgan fingerprint density at radius 1 is 1.44 bits per heavy atom. The molecule has 0 N–H and O–H groups in total. The highest BCUT2D eigenvalue weighted by Gasteiger charge is 2.33. The molecule has 7 heteroatoms. The molecule has 0 aliphatic carbocycles. The second-order valence-electron chi connectivity index (χ2n) is 4.16. The number of hydrogen-bond acceptors (Lipinski definition) is 3. The van der Waals surface area contributed by atoms with E-state index in [1.807, 2.05) is 0 Å². The average molecular weight is 276 g/mol. The fourth-order valence-corrected chi connectivity index (χ4v) is 2.11. The van der Waals surface area contributed by atoms with Crippen molar-refractivity contribution >= 4 is 24.2 Å². The van der Waals surface area contributed by atoms with Crippen LogP contribution in [0.15, 0.2) is 18.3 Å². The van der Waals surface area contributed by atoms with Crippen LogP contribution in [0.2, 0.25) is 0 Å². The summed E-state index contributed by atoms with van der Waals surface area (Å²) in [4.78, 5) is 16.5. The third-order valence-electron chi connectivity index (χ3n) is 2.81. The maximum Gasteiger partial charge on any atom is 0.433 e. The van der Waals surface area contributed by atoms with Gasteiger partial charge in [0.15, 0.2) is 0 Å². The largest absolute Gasteiger partial charge is 0.433 e. The summed E-state index contributed by atoms with van der Waals surface area (Å²) in [6.07, 6.45) is -2.99. The average Bonchev–Trinajstić information content (AvgIpc) is 2.70. The predicted molar refractivity (Wildman–Crippen MR) is 63.6 cm³/mol. The molecule has 1 amide bonds. The Kier molecular flexibility index (Phi) is 3.52. The van der Waals surface area contributed by atoms with E-state index in [4.69, 9.17) is 0 Å². The minimum Gasteiger partial charge on any atom is -0.311 e. The van der Waals surface area contributed by atoms with E-state index in [2.05, 4.69) is 17.6 Å². The number of carbonyl (C=O) groups is 1. The monoisotopic (exact) mass is 276 g/mol. The third-order valence-corrected chi connectivity index (χ3v) is 3.33. The van der Waals surface area contributed by atoms with E-state index >= 15 is 0 Å². The number of rotatable bonds is 2. The number of amides is 1. The second kappa shape index (κ2) is 4.79. The molecule has 1 aliphatic heterocycles. The van der Waals surface area contributed by atoms with Gasteiger partial charge in [-0.2, -0.15) is 25.8 Å². The highest BCUT2D eigenvalue weighted by Crippen LogP contribution is 2.30. The van der Waals surface area contributed by atoms with E-state index in [1.54, 1.807) is 0 Å². The van der Waals surface area contributed by atoms with Crippen LogP contribution in [0.3, 0.4) is 0 Å². The molecule has 0 saturated carbocycles. The molecule has 1 unspecified atom stereocenters. The molecule has 1 aromatic rings. The zero-order valence-corrected chi connectivity index (χ0v) is 10.2. The number of pyridine rings is 1. The normalized spacial score (nSPS) is 20.6. The number of thiol groups is 1. The van der Waals surface area contributed by atoms with Crippen molar-refractivity contribution in [3.63, 3.8) is 0 Å². The molecule has 98 valence electrons. The Labute approximate surface area is 107 Å². The molecule has 18 heavy (non-hydrogen) atoms. The molecule has 2 rings (SSSR count). The minimum absolute atomic E-state index is 0.101. The van der Waals surface area contributed by atoms with Crippen LogP contribution in [0.4, 0.5) is 18.9 Å². The number of alkyl halides is 3. The van der Waals surface area contributed by atoms with Gasteiger partial charge in [-0.3, -0.25) is 4.79 Å². The molecule has 1 fully saturated rings. The summed E-state index contributed by atoms with van der Waals surface area (Å²) < 4.78 is 37.0. The lowest BCUT2D eigenvalue weighted by atomic mass is 10.1. The van der Waals surface area contributed by atoms with Crippen LogP contribution < -0.4 is 4.90 Å². The molecular weight excluding hydrogens is 265 g/mol. The van der Waals surface area contributed by atoms with Gasteiger partial charge in [0.1, 0.15) is 5.69 Å². The lowest BCUT2D eigenvalue weighted by Crippen LogP contribution is -2.25. The summed E-state index contributed by atoms with van der Waals surface area (Å²) in [7, 11) is 0. The lowest BCUT2D eigenvalue weighted by Gasteiger charge is -2.16. The summed E-state index contributed by atoms with van der Waals surface area (Å²) in [5.74, 6) is 0.620. The quantitative estimate of drug-likeness (QED) is 0.841. The van der Waals surface area contributed by atoms with E-state index in [0.29, 0.717) is 24.4 Å². The number of nitrogens with zero attached hydrogens (tertiary/aromatic N) is 2. The zero-order chi connectivity index (χ0) is 13.3. The van der Waals surface area contributed by atoms with Gasteiger partial charge in [0, 0.05) is 13.0 Å². The summed E-state index contributed by atoms with van der Waals surface area (Å²) >= 11 is 4.12. The van der Waals surface area contributed by atoms with Gasteiger partial charge in [-0.25, -0.2) is 4.98 Å². The Morgan fingerprint density at radius 2 is 2.17 bits per heavy atom. The molecule has 0 aromatic carbocycles. The van der Waals surface area contributed by atoms with Gasteiger partial charge in [-0.1, -0.05) is 0 Å². The Morgan fingerprint density at radius 3 is 2.61 bits per heavy atom. The SMILES string of the molecule is O=C1CC(CS)CN1c1ccc(C(F)(F)F)nc1. The van der Waals surface area contributed by atoms with Crippen molar-refractivity contribution in [1.29, 1.82) is 0 Å². The van der Waals surface area contributed by atoms with E-state index in [0.717, 1.165) is 12.3 Å². The first-order chi connectivity index (χ1) is 8.41. The van der Waals surface area contributed by atoms with Gasteiger partial charge in [0.25, 0.3) is 0 Å². The van der Waals surface area contributed by atoms with Gasteiger partial charge in [-0.05, 0) is 23.8 Å². The van der Waals surface area contributed by atoms with Crippen molar-refractivity contribution in [3.8, 4) is 0 Å². The first kappa shape index (κ1) is 13.2. The van der Waals surface area contributed by atoms with Gasteiger partial charge in [-0.15, -0.1) is 0 Å². The van der Waals surface area contributed by atoms with Gasteiger partial charge >= 0.3 is 6.18 Å². The minimum atomic E-state index is -4.46. The van der Waals surface area contributed by atoms with E-state index in [9.17, 15) is 18.0 Å². The molecule has 3 nitrogen and oxygen atoms in total. The molecule has 2 heterocycles. The van der Waals surface area contributed by atoms with E-state index in [-0.39, 0.29) is 11.8 Å². The summed E-state index contributed by atoms with van der Waals surface area (Å²) in [5.41, 5.74) is -0.555. The highest BCUT2D eigenvalue weighted by molar-refractivity contribution is 7.80. The number of halogens is 3. The Hall–Kier alpha value is -1.24. The van der Waals surface area contributed by atoms with Crippen molar-refractivity contribution in [3.05, 3.63) is 24.0 Å². The Balaban J connectivity index is 2.18. The number of carbonyl (C=O) groups excluding carboxylic acids is 1. The number of anilines is 1. The van der Waals surface area contributed by atoms with Crippen LogP contribution in [0.1, 0.15) is 12.1 Å². The first-order valence-electron chi connectivity index (χ1n) is 5.36. The van der Waals surface area contributed by atoms with E-state index in [1.165, 1.54) is 11.0 Å². The third kappa shape index (κ3) is 2.60. The molecule has 1 atom stereocenters. The summed E-state index contributed by atoms with van der Waals surface area (Å²) in [6.45, 7) is 0.482. The number of aromatic nitrogens is 1. The van der Waals surface area contributed by atoms with Crippen LogP contribution >= 0.6 is 12.6 Å². The van der Waals surface area contributed by atoms with Gasteiger partial charge in [0.2, 0.25) is 5.91 Å².